The van der Waals surface area contributed by atoms with Crippen LogP contribution in [0.2, 0.25) is 0 Å². The molecule has 0 aliphatic heterocycles. The standard InChI is InChI=1S/C9H11BrN2O4S/c1-2-16-9(13)6-3-4-8(7(10)5-6)12-17(11,14)15/h3-5,12H,2H2,1H3,(H2,11,14,15). The molecule has 0 heterocycles. The summed E-state index contributed by atoms with van der Waals surface area (Å²) < 4.78 is 29.0. The molecule has 3 N–H and O–H groups in total. The Morgan fingerprint density at radius 1 is 1.53 bits per heavy atom. The maximum atomic E-state index is 11.4. The van der Waals surface area contributed by atoms with Crippen LogP contribution in [0.5, 0.6) is 0 Å². The van der Waals surface area contributed by atoms with E-state index in [4.69, 9.17) is 9.88 Å². The third kappa shape index (κ3) is 4.33. The van der Waals surface area contributed by atoms with Crippen molar-refractivity contribution in [3.05, 3.63) is 28.2 Å². The first-order valence-corrected chi connectivity index (χ1v) is 6.94. The fourth-order valence-electron chi connectivity index (χ4n) is 1.09. The van der Waals surface area contributed by atoms with E-state index in [-0.39, 0.29) is 12.3 Å². The number of halogens is 1. The molecule has 6 nitrogen and oxygen atoms in total. The van der Waals surface area contributed by atoms with Crippen molar-refractivity contribution in [3.63, 3.8) is 0 Å². The normalized spacial score (nSPS) is 11.0. The van der Waals surface area contributed by atoms with Crippen LogP contribution in [0.1, 0.15) is 17.3 Å². The average Bonchev–Trinajstić information content (AvgIpc) is 2.19. The summed E-state index contributed by atoms with van der Waals surface area (Å²) in [6.45, 7) is 1.97. The number of ether oxygens (including phenoxy) is 1. The molecule has 94 valence electrons. The third-order valence-corrected chi connectivity index (χ3v) is 2.89. The van der Waals surface area contributed by atoms with Crippen LogP contribution in [0, 0.1) is 0 Å². The molecule has 0 aliphatic rings. The quantitative estimate of drug-likeness (QED) is 0.815. The van der Waals surface area contributed by atoms with Gasteiger partial charge in [-0.1, -0.05) is 0 Å². The number of hydrogen-bond donors (Lipinski definition) is 2. The lowest BCUT2D eigenvalue weighted by Gasteiger charge is -2.07. The molecule has 1 aromatic rings. The highest BCUT2D eigenvalue weighted by molar-refractivity contribution is 9.10. The number of hydrogen-bond acceptors (Lipinski definition) is 4. The number of anilines is 1. The van der Waals surface area contributed by atoms with Crippen molar-refractivity contribution < 1.29 is 17.9 Å². The van der Waals surface area contributed by atoms with Gasteiger partial charge < -0.3 is 4.74 Å². The summed E-state index contributed by atoms with van der Waals surface area (Å²) in [6, 6.07) is 4.31. The smallest absolute Gasteiger partial charge is 0.338 e. The summed E-state index contributed by atoms with van der Waals surface area (Å²) in [5.41, 5.74) is 0.569. The summed E-state index contributed by atoms with van der Waals surface area (Å²) in [7, 11) is -3.84. The van der Waals surface area contributed by atoms with E-state index in [9.17, 15) is 13.2 Å². The van der Waals surface area contributed by atoms with Crippen LogP contribution < -0.4 is 9.86 Å². The van der Waals surface area contributed by atoms with Crippen molar-refractivity contribution in [1.82, 2.24) is 0 Å². The van der Waals surface area contributed by atoms with Crippen molar-refractivity contribution in [3.8, 4) is 0 Å². The predicted molar refractivity (Wildman–Crippen MR) is 66.8 cm³/mol. The van der Waals surface area contributed by atoms with Crippen LogP contribution in [-0.2, 0) is 14.9 Å². The van der Waals surface area contributed by atoms with E-state index in [1.54, 1.807) is 6.92 Å². The summed E-state index contributed by atoms with van der Waals surface area (Å²) in [5.74, 6) is -0.477. The SMILES string of the molecule is CCOC(=O)c1ccc(NS(N)(=O)=O)c(Br)c1. The van der Waals surface area contributed by atoms with Gasteiger partial charge in [-0.3, -0.25) is 4.72 Å². The van der Waals surface area contributed by atoms with Gasteiger partial charge in [0.2, 0.25) is 0 Å². The highest BCUT2D eigenvalue weighted by Crippen LogP contribution is 2.24. The van der Waals surface area contributed by atoms with Gasteiger partial charge in [-0.05, 0) is 41.1 Å². The Morgan fingerprint density at radius 2 is 2.18 bits per heavy atom. The van der Waals surface area contributed by atoms with Crippen molar-refractivity contribution in [2.75, 3.05) is 11.3 Å². The Kier molecular flexibility index (Phi) is 4.49. The first-order chi connectivity index (χ1) is 7.83. The van der Waals surface area contributed by atoms with E-state index in [0.29, 0.717) is 10.0 Å². The topological polar surface area (TPSA) is 98.5 Å². The summed E-state index contributed by atoms with van der Waals surface area (Å²) in [6.07, 6.45) is 0. The van der Waals surface area contributed by atoms with Crippen LogP contribution in [0.25, 0.3) is 0 Å². The molecular weight excluding hydrogens is 312 g/mol. The largest absolute Gasteiger partial charge is 0.462 e. The molecule has 0 aromatic heterocycles. The van der Waals surface area contributed by atoms with Gasteiger partial charge in [0.15, 0.2) is 0 Å². The van der Waals surface area contributed by atoms with Gasteiger partial charge in [-0.2, -0.15) is 8.42 Å². The van der Waals surface area contributed by atoms with Gasteiger partial charge in [-0.25, -0.2) is 9.93 Å². The minimum Gasteiger partial charge on any atom is -0.462 e. The Labute approximate surface area is 107 Å². The number of carbonyl (C=O) groups is 1. The van der Waals surface area contributed by atoms with E-state index < -0.39 is 16.2 Å². The number of carbonyl (C=O) groups excluding carboxylic acids is 1. The number of benzene rings is 1. The number of nitrogens with two attached hydrogens (primary N) is 1. The fourth-order valence-corrected chi connectivity index (χ4v) is 2.19. The molecule has 8 heteroatoms. The van der Waals surface area contributed by atoms with Crippen LogP contribution in [0.3, 0.4) is 0 Å². The van der Waals surface area contributed by atoms with E-state index in [0.717, 1.165) is 0 Å². The minimum atomic E-state index is -3.84. The molecular formula is C9H11BrN2O4S. The molecule has 0 atom stereocenters. The Morgan fingerprint density at radius 3 is 2.65 bits per heavy atom. The van der Waals surface area contributed by atoms with Crippen molar-refractivity contribution in [2.24, 2.45) is 5.14 Å². The maximum absolute atomic E-state index is 11.4. The van der Waals surface area contributed by atoms with E-state index in [1.807, 2.05) is 0 Å². The van der Waals surface area contributed by atoms with Crippen molar-refractivity contribution in [2.45, 2.75) is 6.92 Å². The summed E-state index contributed by atoms with van der Waals surface area (Å²) >= 11 is 3.13. The first kappa shape index (κ1) is 13.9. The number of nitrogens with one attached hydrogen (secondary N) is 1. The van der Waals surface area contributed by atoms with Crippen molar-refractivity contribution >= 4 is 37.8 Å². The molecule has 0 saturated heterocycles. The summed E-state index contributed by atoms with van der Waals surface area (Å²) in [5, 5.41) is 4.83. The lowest BCUT2D eigenvalue weighted by molar-refractivity contribution is 0.0526. The van der Waals surface area contributed by atoms with Gasteiger partial charge in [0.05, 0.1) is 17.9 Å². The van der Waals surface area contributed by atoms with Crippen LogP contribution in [0.15, 0.2) is 22.7 Å². The highest BCUT2D eigenvalue weighted by atomic mass is 79.9. The zero-order chi connectivity index (χ0) is 13.1. The Hall–Kier alpha value is -1.12. The Balaban J connectivity index is 2.98. The van der Waals surface area contributed by atoms with Gasteiger partial charge >= 0.3 is 5.97 Å². The second-order valence-corrected chi connectivity index (χ2v) is 5.21. The Bertz CT molecular complexity index is 530. The second-order valence-electron chi connectivity index (χ2n) is 3.06. The molecule has 17 heavy (non-hydrogen) atoms. The van der Waals surface area contributed by atoms with Gasteiger partial charge in [0.1, 0.15) is 0 Å². The average molecular weight is 323 g/mol. The van der Waals surface area contributed by atoms with Gasteiger partial charge in [0.25, 0.3) is 10.2 Å². The van der Waals surface area contributed by atoms with Gasteiger partial charge in [-0.15, -0.1) is 0 Å². The zero-order valence-electron chi connectivity index (χ0n) is 8.94. The second kappa shape index (κ2) is 5.48. The predicted octanol–water partition coefficient (Wildman–Crippen LogP) is 1.24. The van der Waals surface area contributed by atoms with Crippen LogP contribution in [-0.4, -0.2) is 21.0 Å². The molecule has 0 saturated carbocycles. The van der Waals surface area contributed by atoms with E-state index >= 15 is 0 Å². The van der Waals surface area contributed by atoms with E-state index in [1.165, 1.54) is 18.2 Å². The molecule has 1 rings (SSSR count). The van der Waals surface area contributed by atoms with Crippen LogP contribution in [0.4, 0.5) is 5.69 Å². The lowest BCUT2D eigenvalue weighted by Crippen LogP contribution is -2.22. The molecule has 0 spiro atoms. The maximum Gasteiger partial charge on any atom is 0.338 e. The molecule has 0 bridgehead atoms. The molecule has 0 radical (unpaired) electrons. The number of rotatable bonds is 4. The molecule has 0 unspecified atom stereocenters. The molecule has 1 aromatic carbocycles. The van der Waals surface area contributed by atoms with Crippen LogP contribution >= 0.6 is 15.9 Å². The molecule has 0 fully saturated rings. The molecule has 0 amide bonds. The zero-order valence-corrected chi connectivity index (χ0v) is 11.3. The highest BCUT2D eigenvalue weighted by Gasteiger charge is 2.11. The van der Waals surface area contributed by atoms with E-state index in [2.05, 4.69) is 20.7 Å². The van der Waals surface area contributed by atoms with Crippen molar-refractivity contribution in [1.29, 1.82) is 0 Å². The monoisotopic (exact) mass is 322 g/mol. The lowest BCUT2D eigenvalue weighted by atomic mass is 10.2. The van der Waals surface area contributed by atoms with Gasteiger partial charge in [0, 0.05) is 4.47 Å². The third-order valence-electron chi connectivity index (χ3n) is 1.73. The molecule has 0 aliphatic carbocycles. The number of esters is 1. The minimum absolute atomic E-state index is 0.251. The summed E-state index contributed by atoms with van der Waals surface area (Å²) in [4.78, 5) is 11.4. The fraction of sp³-hybridized carbons (Fsp3) is 0.222. The first-order valence-electron chi connectivity index (χ1n) is 4.60.